The van der Waals surface area contributed by atoms with Crippen molar-refractivity contribution in [1.82, 2.24) is 9.97 Å². The van der Waals surface area contributed by atoms with Gasteiger partial charge in [-0.05, 0) is 31.5 Å². The van der Waals surface area contributed by atoms with E-state index in [0.717, 1.165) is 30.3 Å². The van der Waals surface area contributed by atoms with Crippen LogP contribution in [0.3, 0.4) is 0 Å². The van der Waals surface area contributed by atoms with E-state index in [2.05, 4.69) is 22.2 Å². The summed E-state index contributed by atoms with van der Waals surface area (Å²) in [5, 5.41) is 3.22. The predicted octanol–water partition coefficient (Wildman–Crippen LogP) is 3.60. The molecule has 2 rings (SSSR count). The molecule has 2 aromatic rings. The molecular formula is C15H19FN4. The van der Waals surface area contributed by atoms with Gasteiger partial charge >= 0.3 is 0 Å². The zero-order chi connectivity index (χ0) is 14.4. The Morgan fingerprint density at radius 2 is 2.05 bits per heavy atom. The van der Waals surface area contributed by atoms with Gasteiger partial charge in [0.2, 0.25) is 0 Å². The molecule has 1 aromatic carbocycles. The molecule has 0 unspecified atom stereocenters. The molecule has 0 fully saturated rings. The second-order valence-corrected chi connectivity index (χ2v) is 4.41. The van der Waals surface area contributed by atoms with Gasteiger partial charge in [0.05, 0.1) is 0 Å². The molecule has 0 saturated carbocycles. The van der Waals surface area contributed by atoms with Gasteiger partial charge in [0.15, 0.2) is 0 Å². The Bertz CT molecular complexity index is 559. The molecule has 4 nitrogen and oxygen atoms in total. The quantitative estimate of drug-likeness (QED) is 0.874. The van der Waals surface area contributed by atoms with E-state index in [0.29, 0.717) is 6.54 Å². The lowest BCUT2D eigenvalue weighted by Crippen LogP contribution is -2.18. The highest BCUT2D eigenvalue weighted by Gasteiger charge is 2.10. The number of nitrogens with one attached hydrogen (secondary N) is 1. The second-order valence-electron chi connectivity index (χ2n) is 4.41. The molecule has 0 aliphatic heterocycles. The standard InChI is InChI=1S/C15H19FN4/c1-3-8-17-14-10-15(19-11-18-14)20(4-2)13-7-5-6-12(16)9-13/h5-7,9-11H,3-4,8H2,1-2H3,(H,17,18,19). The van der Waals surface area contributed by atoms with Gasteiger partial charge < -0.3 is 10.2 Å². The van der Waals surface area contributed by atoms with Gasteiger partial charge in [0, 0.05) is 24.8 Å². The van der Waals surface area contributed by atoms with Crippen molar-refractivity contribution in [3.8, 4) is 0 Å². The predicted molar refractivity (Wildman–Crippen MR) is 79.9 cm³/mol. The molecule has 0 amide bonds. The summed E-state index contributed by atoms with van der Waals surface area (Å²) in [6, 6.07) is 8.39. The summed E-state index contributed by atoms with van der Waals surface area (Å²) in [7, 11) is 0. The number of hydrogen-bond acceptors (Lipinski definition) is 4. The van der Waals surface area contributed by atoms with Crippen LogP contribution < -0.4 is 10.2 Å². The number of benzene rings is 1. The molecule has 0 saturated heterocycles. The lowest BCUT2D eigenvalue weighted by Gasteiger charge is -2.22. The van der Waals surface area contributed by atoms with Crippen LogP contribution in [0.5, 0.6) is 0 Å². The van der Waals surface area contributed by atoms with Gasteiger partial charge in [-0.1, -0.05) is 13.0 Å². The molecular weight excluding hydrogens is 255 g/mol. The van der Waals surface area contributed by atoms with E-state index in [1.165, 1.54) is 18.5 Å². The van der Waals surface area contributed by atoms with Crippen LogP contribution in [0.4, 0.5) is 21.7 Å². The van der Waals surface area contributed by atoms with Gasteiger partial charge in [0.25, 0.3) is 0 Å². The lowest BCUT2D eigenvalue weighted by atomic mass is 10.2. The Kier molecular flexibility index (Phi) is 4.87. The third-order valence-corrected chi connectivity index (χ3v) is 2.92. The second kappa shape index (κ2) is 6.84. The zero-order valence-corrected chi connectivity index (χ0v) is 11.8. The maximum absolute atomic E-state index is 13.4. The third kappa shape index (κ3) is 3.44. The molecule has 20 heavy (non-hydrogen) atoms. The van der Waals surface area contributed by atoms with Crippen molar-refractivity contribution in [2.24, 2.45) is 0 Å². The molecule has 0 aliphatic carbocycles. The summed E-state index contributed by atoms with van der Waals surface area (Å²) < 4.78 is 13.4. The van der Waals surface area contributed by atoms with Gasteiger partial charge in [-0.25, -0.2) is 14.4 Å². The smallest absolute Gasteiger partial charge is 0.138 e. The van der Waals surface area contributed by atoms with Crippen molar-refractivity contribution in [3.05, 3.63) is 42.5 Å². The van der Waals surface area contributed by atoms with Crippen molar-refractivity contribution in [3.63, 3.8) is 0 Å². The maximum Gasteiger partial charge on any atom is 0.138 e. The SMILES string of the molecule is CCCNc1cc(N(CC)c2cccc(F)c2)ncn1. The summed E-state index contributed by atoms with van der Waals surface area (Å²) >= 11 is 0. The molecule has 0 atom stereocenters. The van der Waals surface area contributed by atoms with Gasteiger partial charge in [-0.2, -0.15) is 0 Å². The van der Waals surface area contributed by atoms with Crippen LogP contribution in [0.2, 0.25) is 0 Å². The lowest BCUT2D eigenvalue weighted by molar-refractivity contribution is 0.627. The number of hydrogen-bond donors (Lipinski definition) is 1. The van der Waals surface area contributed by atoms with Crippen LogP contribution in [-0.4, -0.2) is 23.1 Å². The highest BCUT2D eigenvalue weighted by Crippen LogP contribution is 2.24. The third-order valence-electron chi connectivity index (χ3n) is 2.92. The van der Waals surface area contributed by atoms with Crippen molar-refractivity contribution in [2.45, 2.75) is 20.3 Å². The first-order valence-electron chi connectivity index (χ1n) is 6.83. The molecule has 0 aliphatic rings. The van der Waals surface area contributed by atoms with E-state index >= 15 is 0 Å². The first-order valence-corrected chi connectivity index (χ1v) is 6.83. The monoisotopic (exact) mass is 274 g/mol. The number of aromatic nitrogens is 2. The first kappa shape index (κ1) is 14.2. The van der Waals surface area contributed by atoms with Gasteiger partial charge in [0.1, 0.15) is 23.8 Å². The van der Waals surface area contributed by atoms with Crippen molar-refractivity contribution < 1.29 is 4.39 Å². The fourth-order valence-corrected chi connectivity index (χ4v) is 1.97. The highest BCUT2D eigenvalue weighted by molar-refractivity contribution is 5.62. The number of rotatable bonds is 6. The Labute approximate surface area is 118 Å². The Hall–Kier alpha value is -2.17. The molecule has 0 radical (unpaired) electrons. The van der Waals surface area contributed by atoms with Gasteiger partial charge in [-0.3, -0.25) is 0 Å². The summed E-state index contributed by atoms with van der Waals surface area (Å²) in [5.41, 5.74) is 0.785. The van der Waals surface area contributed by atoms with Crippen molar-refractivity contribution >= 4 is 17.3 Å². The minimum absolute atomic E-state index is 0.251. The average molecular weight is 274 g/mol. The van der Waals surface area contributed by atoms with Crippen molar-refractivity contribution in [2.75, 3.05) is 23.3 Å². The van der Waals surface area contributed by atoms with Crippen LogP contribution in [0.15, 0.2) is 36.7 Å². The first-order chi connectivity index (χ1) is 9.74. The van der Waals surface area contributed by atoms with E-state index in [1.807, 2.05) is 24.0 Å². The largest absolute Gasteiger partial charge is 0.370 e. The number of nitrogens with zero attached hydrogens (tertiary/aromatic N) is 3. The topological polar surface area (TPSA) is 41.0 Å². The van der Waals surface area contributed by atoms with E-state index in [-0.39, 0.29) is 5.82 Å². The van der Waals surface area contributed by atoms with E-state index in [9.17, 15) is 4.39 Å². The van der Waals surface area contributed by atoms with E-state index < -0.39 is 0 Å². The molecule has 1 aromatic heterocycles. The fourth-order valence-electron chi connectivity index (χ4n) is 1.97. The zero-order valence-electron chi connectivity index (χ0n) is 11.8. The molecule has 1 N–H and O–H groups in total. The van der Waals surface area contributed by atoms with Crippen LogP contribution in [0, 0.1) is 5.82 Å². The minimum atomic E-state index is -0.251. The summed E-state index contributed by atoms with van der Waals surface area (Å²) in [6.45, 7) is 5.67. The average Bonchev–Trinajstić information content (AvgIpc) is 2.46. The van der Waals surface area contributed by atoms with Crippen LogP contribution >= 0.6 is 0 Å². The minimum Gasteiger partial charge on any atom is -0.370 e. The normalized spacial score (nSPS) is 10.3. The Balaban J connectivity index is 2.27. The van der Waals surface area contributed by atoms with Crippen LogP contribution in [0.1, 0.15) is 20.3 Å². The molecule has 0 bridgehead atoms. The van der Waals surface area contributed by atoms with Crippen LogP contribution in [0.25, 0.3) is 0 Å². The molecule has 0 spiro atoms. The summed E-state index contributed by atoms with van der Waals surface area (Å²) in [5.74, 6) is 1.29. The van der Waals surface area contributed by atoms with Crippen LogP contribution in [-0.2, 0) is 0 Å². The summed E-state index contributed by atoms with van der Waals surface area (Å²) in [6.07, 6.45) is 2.55. The highest BCUT2D eigenvalue weighted by atomic mass is 19.1. The van der Waals surface area contributed by atoms with Crippen molar-refractivity contribution in [1.29, 1.82) is 0 Å². The summed E-state index contributed by atoms with van der Waals surface area (Å²) in [4.78, 5) is 10.4. The molecule has 5 heteroatoms. The number of anilines is 3. The van der Waals surface area contributed by atoms with Gasteiger partial charge in [-0.15, -0.1) is 0 Å². The molecule has 106 valence electrons. The van der Waals surface area contributed by atoms with E-state index in [4.69, 9.17) is 0 Å². The molecule has 1 heterocycles. The maximum atomic E-state index is 13.4. The van der Waals surface area contributed by atoms with E-state index in [1.54, 1.807) is 6.07 Å². The number of halogens is 1. The Morgan fingerprint density at radius 1 is 1.20 bits per heavy atom. The fraction of sp³-hybridized carbons (Fsp3) is 0.333. The Morgan fingerprint density at radius 3 is 2.75 bits per heavy atom.